The van der Waals surface area contributed by atoms with Gasteiger partial charge in [-0.05, 0) is 124 Å². The van der Waals surface area contributed by atoms with E-state index in [1.807, 2.05) is 12.1 Å². The monoisotopic (exact) mass is 1060 g/mol. The average molecular weight is 1060 g/mol. The molecule has 15 nitrogen and oxygen atoms in total. The Labute approximate surface area is 444 Å². The molecule has 7 aliphatic rings. The van der Waals surface area contributed by atoms with Gasteiger partial charge in [-0.1, -0.05) is 94.0 Å². The van der Waals surface area contributed by atoms with Crippen LogP contribution in [0, 0.1) is 34.5 Å². The van der Waals surface area contributed by atoms with Crippen LogP contribution in [0.25, 0.3) is 0 Å². The fraction of sp³-hybridized carbons (Fsp3) is 0.678. The van der Waals surface area contributed by atoms with Gasteiger partial charge in [0, 0.05) is 60.8 Å². The molecule has 9 rings (SSSR count). The minimum absolute atomic E-state index is 0.0211. The summed E-state index contributed by atoms with van der Waals surface area (Å²) in [7, 11) is -4.97. The fourth-order valence-electron chi connectivity index (χ4n) is 15.1. The number of nitrogens with zero attached hydrogens (tertiary/aromatic N) is 1. The third-order valence-corrected chi connectivity index (χ3v) is 19.3. The van der Waals surface area contributed by atoms with Gasteiger partial charge in [0.25, 0.3) is 0 Å². The minimum atomic E-state index is -4.97. The van der Waals surface area contributed by atoms with Crippen LogP contribution in [-0.4, -0.2) is 119 Å². The van der Waals surface area contributed by atoms with Crippen LogP contribution in [0.5, 0.6) is 5.75 Å². The summed E-state index contributed by atoms with van der Waals surface area (Å²) in [6.07, 6.45) is 18.9. The lowest BCUT2D eigenvalue weighted by molar-refractivity contribution is -0.922. The van der Waals surface area contributed by atoms with Crippen molar-refractivity contribution in [2.24, 2.45) is 34.5 Å². The van der Waals surface area contributed by atoms with Gasteiger partial charge in [-0.15, -0.1) is 0 Å². The number of Topliss-reactive ketones (excluding diaryl/α,β-unsaturated/α-hetero) is 1. The summed E-state index contributed by atoms with van der Waals surface area (Å²) in [5, 5.41) is 27.0. The Hall–Kier alpha value is -3.60. The number of fused-ring (bicyclic) bond motifs is 7. The molecular formula is C59H84N2O13P+. The molecule has 5 unspecified atom stereocenters. The number of carbonyl (C=O) groups excluding carboxylic acids is 3. The van der Waals surface area contributed by atoms with Crippen molar-refractivity contribution >= 4 is 25.4 Å². The molecule has 16 heteroatoms. The summed E-state index contributed by atoms with van der Waals surface area (Å²) >= 11 is 0. The highest BCUT2D eigenvalue weighted by Crippen LogP contribution is 2.70. The van der Waals surface area contributed by atoms with E-state index in [0.29, 0.717) is 37.1 Å². The molecule has 0 spiro atoms. The number of phosphoric ester groups is 1. The predicted octanol–water partition coefficient (Wildman–Crippen LogP) is 8.55. The number of quaternary nitrogens is 1. The molecule has 0 aromatic heterocycles. The summed E-state index contributed by atoms with van der Waals surface area (Å²) < 4.78 is 43.5. The summed E-state index contributed by atoms with van der Waals surface area (Å²) in [5.74, 6) is -0.973. The highest BCUT2D eigenvalue weighted by atomic mass is 31.2. The number of aliphatic hydroxyl groups excluding tert-OH is 2. The Kier molecular flexibility index (Phi) is 18.1. The molecule has 2 aromatic rings. The van der Waals surface area contributed by atoms with Gasteiger partial charge in [-0.3, -0.25) is 19.4 Å². The zero-order valence-corrected chi connectivity index (χ0v) is 45.3. The Balaban J connectivity index is 0.811. The van der Waals surface area contributed by atoms with Gasteiger partial charge in [0.2, 0.25) is 5.78 Å². The number of nitrogens with one attached hydrogen (secondary N) is 1. The van der Waals surface area contributed by atoms with Gasteiger partial charge in [-0.25, -0.2) is 9.36 Å². The number of aryl methyl sites for hydroxylation is 1. The van der Waals surface area contributed by atoms with Gasteiger partial charge in [-0.2, -0.15) is 0 Å². The second-order valence-electron chi connectivity index (χ2n) is 23.7. The van der Waals surface area contributed by atoms with Crippen LogP contribution in [0.3, 0.4) is 0 Å². The number of hydrogen-bond acceptors (Lipinski definition) is 12. The predicted molar refractivity (Wildman–Crippen MR) is 282 cm³/mol. The van der Waals surface area contributed by atoms with Gasteiger partial charge in [0.1, 0.15) is 12.3 Å². The van der Waals surface area contributed by atoms with E-state index in [-0.39, 0.29) is 65.1 Å². The first-order chi connectivity index (χ1) is 36.0. The molecule has 75 heavy (non-hydrogen) atoms. The quantitative estimate of drug-likeness (QED) is 0.0274. The highest BCUT2D eigenvalue weighted by Gasteiger charge is 2.76. The summed E-state index contributed by atoms with van der Waals surface area (Å²) in [4.78, 5) is 61.7. The van der Waals surface area contributed by atoms with Crippen molar-refractivity contribution in [2.45, 2.75) is 166 Å². The zero-order chi connectivity index (χ0) is 52.9. The molecule has 0 radical (unpaired) electrons. The van der Waals surface area contributed by atoms with E-state index in [1.54, 1.807) is 24.3 Å². The number of aliphatic hydroxyl groups is 2. The van der Waals surface area contributed by atoms with Crippen LogP contribution < -0.4 is 9.84 Å². The number of hydrogen-bond donors (Lipinski definition) is 5. The number of allylic oxidation sites excluding steroid dienone is 4. The standard InChI is InChI=1S/C59H83N2O13P/c1-57-27-26-46(62)34-45(57)23-24-47-48-35-53-59(58(48,2)36-49(63)55(47)57,73-56(72-53)42-20-9-6-10-21-42)52(65)40-71-54(66)39-61(29-13-14-30-61)38-44-33-43(22-25-51(44)74-75(67,68)69)50(64)37-60-28-12-3-4-15-31-70-32-16-11-19-41-17-7-5-8-18-41/h5,7-8,17-18,22,25-27,33-34,42,47-50,53,55-56,60,63-64H,3-4,6,9-16,19-21,23-24,28-32,35-40H2,1-2H3,(H-,67,68,69)/p+1/t47?,48?,49?,50?,53-,55?,56-,57+,58+,59-/m1/s1. The zero-order valence-electron chi connectivity index (χ0n) is 44.4. The molecule has 2 heterocycles. The first-order valence-corrected chi connectivity index (χ1v) is 29.9. The number of esters is 1. The second kappa shape index (κ2) is 24.2. The number of carbonyl (C=O) groups is 3. The Morgan fingerprint density at radius 1 is 0.933 bits per heavy atom. The highest BCUT2D eigenvalue weighted by molar-refractivity contribution is 7.46. The van der Waals surface area contributed by atoms with Crippen molar-refractivity contribution in [3.05, 3.63) is 89.0 Å². The maximum absolute atomic E-state index is 15.2. The van der Waals surface area contributed by atoms with Crippen LogP contribution in [0.4, 0.5) is 0 Å². The third kappa shape index (κ3) is 12.5. The molecule has 0 bridgehead atoms. The molecule has 2 aliphatic heterocycles. The van der Waals surface area contributed by atoms with Crippen molar-refractivity contribution in [2.75, 3.05) is 52.5 Å². The molecule has 10 atom stereocenters. The van der Waals surface area contributed by atoms with E-state index in [1.165, 1.54) is 11.6 Å². The van der Waals surface area contributed by atoms with E-state index in [9.17, 15) is 34.2 Å². The molecule has 2 saturated heterocycles. The number of rotatable bonds is 25. The topological polar surface area (TPSA) is 207 Å². The Morgan fingerprint density at radius 2 is 1.68 bits per heavy atom. The molecule has 5 N–H and O–H groups in total. The molecule has 5 aliphatic carbocycles. The van der Waals surface area contributed by atoms with E-state index in [4.69, 9.17) is 23.5 Å². The lowest BCUT2D eigenvalue weighted by Crippen LogP contribution is -2.64. The largest absolute Gasteiger partial charge is 0.524 e. The SMILES string of the molecule is C[C@]12C=CC(=O)C=C1CCC1C2C(O)C[C@@]2(C)C1C[C@H]1O[C@@H](C3CCCCC3)O[C@]12C(=O)COC(=O)C[N+]1(Cc2cc(C(O)CNCCCCCCOCCCCc3ccccc3)ccc2OP(=O)(O)O)CCCC1. The van der Waals surface area contributed by atoms with E-state index in [0.717, 1.165) is 128 Å². The van der Waals surface area contributed by atoms with Crippen LogP contribution in [-0.2, 0) is 50.9 Å². The lowest BCUT2D eigenvalue weighted by Gasteiger charge is -2.59. The van der Waals surface area contributed by atoms with Crippen molar-refractivity contribution in [3.63, 3.8) is 0 Å². The van der Waals surface area contributed by atoms with Crippen LogP contribution in [0.2, 0.25) is 0 Å². The maximum atomic E-state index is 15.2. The van der Waals surface area contributed by atoms with Gasteiger partial charge in [0.15, 0.2) is 30.8 Å². The van der Waals surface area contributed by atoms with Gasteiger partial charge >= 0.3 is 13.8 Å². The van der Waals surface area contributed by atoms with Crippen LogP contribution >= 0.6 is 7.82 Å². The van der Waals surface area contributed by atoms with Crippen molar-refractivity contribution < 1.29 is 66.9 Å². The van der Waals surface area contributed by atoms with Crippen molar-refractivity contribution in [1.82, 2.24) is 5.32 Å². The number of phosphoric acid groups is 1. The molecular weight excluding hydrogens is 976 g/mol. The van der Waals surface area contributed by atoms with Gasteiger partial charge in [0.05, 0.1) is 31.4 Å². The van der Waals surface area contributed by atoms with E-state index < -0.39 is 61.4 Å². The number of ether oxygens (including phenoxy) is 4. The lowest BCUT2D eigenvalue weighted by atomic mass is 9.46. The molecule has 0 amide bonds. The molecule has 2 aromatic carbocycles. The average Bonchev–Trinajstić information content (AvgIpc) is 4.08. The van der Waals surface area contributed by atoms with Crippen LogP contribution in [0.15, 0.2) is 72.3 Å². The van der Waals surface area contributed by atoms with Crippen molar-refractivity contribution in [3.8, 4) is 5.75 Å². The molecule has 6 fully saturated rings. The van der Waals surface area contributed by atoms with Crippen LogP contribution in [0.1, 0.15) is 146 Å². The number of unbranched alkanes of at least 4 members (excludes halogenated alkanes) is 4. The second-order valence-corrected chi connectivity index (χ2v) is 24.9. The van der Waals surface area contributed by atoms with Crippen molar-refractivity contribution in [1.29, 1.82) is 0 Å². The fourth-order valence-corrected chi connectivity index (χ4v) is 15.5. The Morgan fingerprint density at radius 3 is 2.44 bits per heavy atom. The molecule has 412 valence electrons. The summed E-state index contributed by atoms with van der Waals surface area (Å²) in [6.45, 7) is 7.47. The normalized spacial score (nSPS) is 31.5. The first kappa shape index (κ1) is 56.1. The maximum Gasteiger partial charge on any atom is 0.524 e. The first-order valence-electron chi connectivity index (χ1n) is 28.4. The third-order valence-electron chi connectivity index (χ3n) is 18.8. The van der Waals surface area contributed by atoms with E-state index >= 15 is 4.79 Å². The number of benzene rings is 2. The number of likely N-dealkylation sites (tertiary alicyclic amines) is 1. The minimum Gasteiger partial charge on any atom is -0.453 e. The summed E-state index contributed by atoms with van der Waals surface area (Å²) in [6, 6.07) is 15.3. The van der Waals surface area contributed by atoms with E-state index in [2.05, 4.69) is 43.4 Å². The Bertz CT molecular complexity index is 2420. The number of ketones is 2. The smallest absolute Gasteiger partial charge is 0.453 e. The molecule has 4 saturated carbocycles. The summed E-state index contributed by atoms with van der Waals surface area (Å²) in [5.41, 5.74) is 0.664. The van der Waals surface area contributed by atoms with Gasteiger partial charge < -0.3 is 43.5 Å².